The number of aryl methyl sites for hydroxylation is 1. The van der Waals surface area contributed by atoms with E-state index in [1.807, 2.05) is 55.5 Å². The summed E-state index contributed by atoms with van der Waals surface area (Å²) in [5.41, 5.74) is 3.53. The first-order chi connectivity index (χ1) is 12.4. The van der Waals surface area contributed by atoms with Gasteiger partial charge in [0, 0.05) is 11.9 Å². The Morgan fingerprint density at radius 2 is 1.88 bits per heavy atom. The SMILES string of the molecule is COc1ccc(C)cc1N/C=C(/C#N)C(=O)Nc1ccc(C(C)C)cc1. The molecule has 2 aromatic carbocycles. The van der Waals surface area contributed by atoms with Crippen LogP contribution in [0.2, 0.25) is 0 Å². The van der Waals surface area contributed by atoms with Crippen LogP contribution in [0.5, 0.6) is 5.75 Å². The summed E-state index contributed by atoms with van der Waals surface area (Å²) in [4.78, 5) is 12.3. The zero-order valence-corrected chi connectivity index (χ0v) is 15.5. The van der Waals surface area contributed by atoms with Crippen molar-refractivity contribution in [2.75, 3.05) is 17.7 Å². The van der Waals surface area contributed by atoms with Gasteiger partial charge in [0.25, 0.3) is 5.91 Å². The average Bonchev–Trinajstić information content (AvgIpc) is 2.63. The van der Waals surface area contributed by atoms with E-state index < -0.39 is 5.91 Å². The molecule has 2 N–H and O–H groups in total. The van der Waals surface area contributed by atoms with Crippen LogP contribution >= 0.6 is 0 Å². The summed E-state index contributed by atoms with van der Waals surface area (Å²) in [5.74, 6) is 0.584. The Morgan fingerprint density at radius 3 is 2.46 bits per heavy atom. The Balaban J connectivity index is 2.12. The van der Waals surface area contributed by atoms with E-state index in [0.29, 0.717) is 23.0 Å². The number of anilines is 2. The van der Waals surface area contributed by atoms with Gasteiger partial charge in [0.2, 0.25) is 0 Å². The topological polar surface area (TPSA) is 74.1 Å². The zero-order chi connectivity index (χ0) is 19.1. The van der Waals surface area contributed by atoms with Gasteiger partial charge in [-0.1, -0.05) is 32.0 Å². The summed E-state index contributed by atoms with van der Waals surface area (Å²) in [6, 6.07) is 15.1. The molecule has 0 spiro atoms. The van der Waals surface area contributed by atoms with Crippen LogP contribution in [0.15, 0.2) is 54.2 Å². The summed E-state index contributed by atoms with van der Waals surface area (Å²) in [6.45, 7) is 6.16. The third kappa shape index (κ3) is 4.87. The fourth-order valence-corrected chi connectivity index (χ4v) is 2.38. The lowest BCUT2D eigenvalue weighted by Crippen LogP contribution is -2.14. The highest BCUT2D eigenvalue weighted by Crippen LogP contribution is 2.25. The van der Waals surface area contributed by atoms with Gasteiger partial charge in [0.1, 0.15) is 17.4 Å². The van der Waals surface area contributed by atoms with E-state index in [1.54, 1.807) is 7.11 Å². The van der Waals surface area contributed by atoms with Crippen molar-refractivity contribution in [2.24, 2.45) is 0 Å². The number of nitrogens with one attached hydrogen (secondary N) is 2. The molecule has 5 heteroatoms. The predicted molar refractivity (Wildman–Crippen MR) is 104 cm³/mol. The van der Waals surface area contributed by atoms with Gasteiger partial charge in [0.05, 0.1) is 12.8 Å². The van der Waals surface area contributed by atoms with E-state index >= 15 is 0 Å². The molecule has 0 saturated heterocycles. The molecule has 0 heterocycles. The summed E-state index contributed by atoms with van der Waals surface area (Å²) in [5, 5.41) is 15.0. The minimum atomic E-state index is -0.469. The van der Waals surface area contributed by atoms with Crippen LogP contribution in [0.25, 0.3) is 0 Å². The third-order valence-electron chi connectivity index (χ3n) is 3.93. The first-order valence-corrected chi connectivity index (χ1v) is 8.37. The smallest absolute Gasteiger partial charge is 0.267 e. The van der Waals surface area contributed by atoms with Gasteiger partial charge in [-0.25, -0.2) is 0 Å². The number of hydrogen-bond acceptors (Lipinski definition) is 4. The number of amides is 1. The van der Waals surface area contributed by atoms with Gasteiger partial charge in [-0.3, -0.25) is 4.79 Å². The molecule has 0 atom stereocenters. The van der Waals surface area contributed by atoms with Crippen LogP contribution < -0.4 is 15.4 Å². The number of methoxy groups -OCH3 is 1. The van der Waals surface area contributed by atoms with Crippen molar-refractivity contribution in [1.29, 1.82) is 5.26 Å². The maximum absolute atomic E-state index is 12.3. The molecule has 0 radical (unpaired) electrons. The predicted octanol–water partition coefficient (Wildman–Crippen LogP) is 4.59. The number of carbonyl (C=O) groups is 1. The molecule has 0 aromatic heterocycles. The molecule has 0 saturated carbocycles. The quantitative estimate of drug-likeness (QED) is 0.591. The average molecular weight is 349 g/mol. The van der Waals surface area contributed by atoms with Gasteiger partial charge >= 0.3 is 0 Å². The fourth-order valence-electron chi connectivity index (χ4n) is 2.38. The maximum atomic E-state index is 12.3. The van der Waals surface area contributed by atoms with E-state index in [1.165, 1.54) is 11.8 Å². The molecular formula is C21H23N3O2. The second kappa shape index (κ2) is 8.72. The Bertz CT molecular complexity index is 847. The van der Waals surface area contributed by atoms with Gasteiger partial charge in [-0.15, -0.1) is 0 Å². The number of rotatable bonds is 6. The van der Waals surface area contributed by atoms with Crippen molar-refractivity contribution < 1.29 is 9.53 Å². The number of benzene rings is 2. The van der Waals surface area contributed by atoms with Crippen LogP contribution in [-0.2, 0) is 4.79 Å². The van der Waals surface area contributed by atoms with Crippen LogP contribution in [0.4, 0.5) is 11.4 Å². The maximum Gasteiger partial charge on any atom is 0.267 e. The first kappa shape index (κ1) is 19.1. The van der Waals surface area contributed by atoms with Crippen LogP contribution in [-0.4, -0.2) is 13.0 Å². The molecular weight excluding hydrogens is 326 g/mol. The molecule has 2 aromatic rings. The molecule has 0 bridgehead atoms. The zero-order valence-electron chi connectivity index (χ0n) is 15.5. The molecule has 134 valence electrons. The van der Waals surface area contributed by atoms with Crippen molar-refractivity contribution in [3.63, 3.8) is 0 Å². The second-order valence-electron chi connectivity index (χ2n) is 6.25. The molecule has 0 fully saturated rings. The van der Waals surface area contributed by atoms with Gasteiger partial charge < -0.3 is 15.4 Å². The van der Waals surface area contributed by atoms with Crippen LogP contribution in [0.1, 0.15) is 30.9 Å². The monoisotopic (exact) mass is 349 g/mol. The van der Waals surface area contributed by atoms with Crippen molar-refractivity contribution >= 4 is 17.3 Å². The van der Waals surface area contributed by atoms with E-state index in [2.05, 4.69) is 24.5 Å². The third-order valence-corrected chi connectivity index (χ3v) is 3.93. The summed E-state index contributed by atoms with van der Waals surface area (Å²) in [7, 11) is 1.57. The normalized spacial score (nSPS) is 11.0. The number of nitriles is 1. The van der Waals surface area contributed by atoms with Gasteiger partial charge in [-0.05, 0) is 48.2 Å². The molecule has 1 amide bonds. The Kier molecular flexibility index (Phi) is 6.40. The van der Waals surface area contributed by atoms with E-state index in [-0.39, 0.29) is 5.57 Å². The molecule has 26 heavy (non-hydrogen) atoms. The van der Waals surface area contributed by atoms with E-state index in [9.17, 15) is 10.1 Å². The van der Waals surface area contributed by atoms with Crippen LogP contribution in [0.3, 0.4) is 0 Å². The van der Waals surface area contributed by atoms with Gasteiger partial charge in [0.15, 0.2) is 0 Å². The highest BCUT2D eigenvalue weighted by molar-refractivity contribution is 6.06. The number of hydrogen-bond donors (Lipinski definition) is 2. The van der Waals surface area contributed by atoms with Crippen molar-refractivity contribution in [3.8, 4) is 11.8 Å². The second-order valence-corrected chi connectivity index (χ2v) is 6.25. The lowest BCUT2D eigenvalue weighted by atomic mass is 10.0. The molecule has 0 aliphatic rings. The summed E-state index contributed by atoms with van der Waals surface area (Å²) < 4.78 is 5.28. The van der Waals surface area contributed by atoms with E-state index in [0.717, 1.165) is 5.56 Å². The van der Waals surface area contributed by atoms with E-state index in [4.69, 9.17) is 4.74 Å². The highest BCUT2D eigenvalue weighted by Gasteiger charge is 2.10. The van der Waals surface area contributed by atoms with Gasteiger partial charge in [-0.2, -0.15) is 5.26 Å². The Labute approximate surface area is 154 Å². The molecule has 0 aliphatic carbocycles. The lowest BCUT2D eigenvalue weighted by Gasteiger charge is -2.10. The fraction of sp³-hybridized carbons (Fsp3) is 0.238. The minimum absolute atomic E-state index is 0.0264. The summed E-state index contributed by atoms with van der Waals surface area (Å²) >= 11 is 0. The number of ether oxygens (including phenoxy) is 1. The highest BCUT2D eigenvalue weighted by atomic mass is 16.5. The molecule has 0 unspecified atom stereocenters. The molecule has 5 nitrogen and oxygen atoms in total. The Morgan fingerprint density at radius 1 is 1.19 bits per heavy atom. The summed E-state index contributed by atoms with van der Waals surface area (Å²) in [6.07, 6.45) is 1.38. The van der Waals surface area contributed by atoms with Crippen molar-refractivity contribution in [3.05, 3.63) is 65.4 Å². The Hall–Kier alpha value is -3.26. The molecule has 0 aliphatic heterocycles. The molecule has 2 rings (SSSR count). The standard InChI is InChI=1S/C21H23N3O2/c1-14(2)16-6-8-18(9-7-16)24-21(25)17(12-22)13-23-19-11-15(3)5-10-20(19)26-4/h5-11,13-14,23H,1-4H3,(H,24,25)/b17-13-. The number of carbonyl (C=O) groups excluding carboxylic acids is 1. The lowest BCUT2D eigenvalue weighted by molar-refractivity contribution is -0.112. The first-order valence-electron chi connectivity index (χ1n) is 8.37. The minimum Gasteiger partial charge on any atom is -0.495 e. The van der Waals surface area contributed by atoms with Crippen LogP contribution in [0, 0.1) is 18.3 Å². The number of nitrogens with zero attached hydrogens (tertiary/aromatic N) is 1. The largest absolute Gasteiger partial charge is 0.495 e. The van der Waals surface area contributed by atoms with Crippen molar-refractivity contribution in [2.45, 2.75) is 26.7 Å². The van der Waals surface area contributed by atoms with Crippen molar-refractivity contribution in [1.82, 2.24) is 0 Å².